The molecule has 0 radical (unpaired) electrons. The Kier molecular flexibility index (Phi) is 5.70. The summed E-state index contributed by atoms with van der Waals surface area (Å²) in [6.07, 6.45) is 1.17. The van der Waals surface area contributed by atoms with Crippen molar-refractivity contribution in [2.45, 2.75) is 33.7 Å². The zero-order valence-electron chi connectivity index (χ0n) is 15.3. The largest absolute Gasteiger partial charge is 0.495 e. The molecule has 2 N–H and O–H groups in total. The molecule has 2 rings (SSSR count). The maximum absolute atomic E-state index is 11.3. The number of anilines is 1. The van der Waals surface area contributed by atoms with Crippen LogP contribution in [0.3, 0.4) is 0 Å². The highest BCUT2D eigenvalue weighted by molar-refractivity contribution is 5.90. The normalized spacial score (nSPS) is 16.9. The number of hydrogen-bond donors (Lipinski definition) is 2. The van der Waals surface area contributed by atoms with Crippen LogP contribution in [0.2, 0.25) is 0 Å². The zero-order chi connectivity index (χ0) is 17.7. The molecule has 1 amide bonds. The average Bonchev–Trinajstić information content (AvgIpc) is 2.87. The molecule has 0 bridgehead atoms. The molecule has 0 atom stereocenters. The van der Waals surface area contributed by atoms with E-state index in [1.165, 1.54) is 13.3 Å². The number of methoxy groups -OCH3 is 1. The van der Waals surface area contributed by atoms with Crippen LogP contribution in [0.4, 0.5) is 5.69 Å². The van der Waals surface area contributed by atoms with E-state index in [4.69, 9.17) is 4.74 Å². The first-order valence-electron chi connectivity index (χ1n) is 8.25. The molecule has 1 fully saturated rings. The summed E-state index contributed by atoms with van der Waals surface area (Å²) in [5.41, 5.74) is 2.07. The molecule has 0 unspecified atom stereocenters. The lowest BCUT2D eigenvalue weighted by Gasteiger charge is -2.24. The summed E-state index contributed by atoms with van der Waals surface area (Å²) in [6, 6.07) is 5.77. The third-order valence-corrected chi connectivity index (χ3v) is 4.21. The second-order valence-corrected chi connectivity index (χ2v) is 6.95. The van der Waals surface area contributed by atoms with E-state index in [-0.39, 0.29) is 5.91 Å². The van der Waals surface area contributed by atoms with Gasteiger partial charge >= 0.3 is 0 Å². The van der Waals surface area contributed by atoms with Gasteiger partial charge in [0.15, 0.2) is 5.96 Å². The number of ether oxygens (including phenoxy) is 1. The quantitative estimate of drug-likeness (QED) is 0.657. The number of likely N-dealkylation sites (tertiary alicyclic amines) is 1. The lowest BCUT2D eigenvalue weighted by molar-refractivity contribution is -0.114. The number of rotatable bonds is 4. The van der Waals surface area contributed by atoms with Gasteiger partial charge < -0.3 is 20.3 Å². The minimum absolute atomic E-state index is 0.117. The van der Waals surface area contributed by atoms with Gasteiger partial charge in [0.05, 0.1) is 12.8 Å². The Morgan fingerprint density at radius 1 is 1.42 bits per heavy atom. The second-order valence-electron chi connectivity index (χ2n) is 6.95. The molecule has 1 aromatic carbocycles. The molecule has 132 valence electrons. The number of nitrogens with one attached hydrogen (secondary N) is 2. The number of aliphatic imine (C=N–C) groups is 1. The van der Waals surface area contributed by atoms with Gasteiger partial charge in [-0.25, -0.2) is 0 Å². The van der Waals surface area contributed by atoms with Crippen molar-refractivity contribution >= 4 is 17.6 Å². The molecule has 0 spiro atoms. The van der Waals surface area contributed by atoms with Crippen LogP contribution in [-0.4, -0.2) is 44.0 Å². The fourth-order valence-electron chi connectivity index (χ4n) is 2.96. The standard InChI is InChI=1S/C18H28N4O2/c1-13(23)21-15-10-14(6-7-16(15)24-5)11-20-17(19-4)22-9-8-18(2,3)12-22/h6-7,10H,8-9,11-12H2,1-5H3,(H,19,20)(H,21,23). The van der Waals surface area contributed by atoms with Gasteiger partial charge in [-0.1, -0.05) is 19.9 Å². The zero-order valence-corrected chi connectivity index (χ0v) is 15.3. The van der Waals surface area contributed by atoms with E-state index in [0.29, 0.717) is 23.4 Å². The van der Waals surface area contributed by atoms with Crippen molar-refractivity contribution in [3.8, 4) is 5.75 Å². The van der Waals surface area contributed by atoms with Crippen molar-refractivity contribution in [1.82, 2.24) is 10.2 Å². The van der Waals surface area contributed by atoms with Gasteiger partial charge in [0.1, 0.15) is 5.75 Å². The van der Waals surface area contributed by atoms with Crippen LogP contribution < -0.4 is 15.4 Å². The molecule has 1 aliphatic heterocycles. The number of hydrogen-bond acceptors (Lipinski definition) is 3. The highest BCUT2D eigenvalue weighted by Gasteiger charge is 2.30. The average molecular weight is 332 g/mol. The van der Waals surface area contributed by atoms with E-state index in [0.717, 1.165) is 24.6 Å². The Morgan fingerprint density at radius 3 is 2.71 bits per heavy atom. The van der Waals surface area contributed by atoms with Crippen molar-refractivity contribution in [3.05, 3.63) is 23.8 Å². The molecule has 24 heavy (non-hydrogen) atoms. The van der Waals surface area contributed by atoms with Crippen molar-refractivity contribution in [2.75, 3.05) is 32.6 Å². The monoisotopic (exact) mass is 332 g/mol. The lowest BCUT2D eigenvalue weighted by Crippen LogP contribution is -2.40. The summed E-state index contributed by atoms with van der Waals surface area (Å²) in [5, 5.41) is 6.21. The molecule has 0 aliphatic carbocycles. The van der Waals surface area contributed by atoms with Gasteiger partial charge in [-0.2, -0.15) is 0 Å². The summed E-state index contributed by atoms with van der Waals surface area (Å²) >= 11 is 0. The highest BCUT2D eigenvalue weighted by Crippen LogP contribution is 2.29. The van der Waals surface area contributed by atoms with Crippen molar-refractivity contribution < 1.29 is 9.53 Å². The van der Waals surface area contributed by atoms with Gasteiger partial charge in [0, 0.05) is 33.6 Å². The topological polar surface area (TPSA) is 66.0 Å². The minimum atomic E-state index is -0.117. The van der Waals surface area contributed by atoms with Crippen molar-refractivity contribution in [1.29, 1.82) is 0 Å². The van der Waals surface area contributed by atoms with Crippen LogP contribution in [0.15, 0.2) is 23.2 Å². The highest BCUT2D eigenvalue weighted by atomic mass is 16.5. The summed E-state index contributed by atoms with van der Waals surface area (Å²) in [7, 11) is 3.40. The molecule has 1 heterocycles. The minimum Gasteiger partial charge on any atom is -0.495 e. The molecule has 0 saturated carbocycles. The second kappa shape index (κ2) is 7.55. The molecule has 0 aromatic heterocycles. The van der Waals surface area contributed by atoms with Crippen LogP contribution in [0.1, 0.15) is 32.8 Å². The molecule has 1 saturated heterocycles. The van der Waals surface area contributed by atoms with Gasteiger partial charge in [-0.15, -0.1) is 0 Å². The lowest BCUT2D eigenvalue weighted by atomic mass is 9.93. The summed E-state index contributed by atoms with van der Waals surface area (Å²) < 4.78 is 5.29. The van der Waals surface area contributed by atoms with Crippen molar-refractivity contribution in [3.63, 3.8) is 0 Å². The summed E-state index contributed by atoms with van der Waals surface area (Å²) in [5.74, 6) is 1.45. The first kappa shape index (κ1) is 18.1. The number of guanidine groups is 1. The predicted octanol–water partition coefficient (Wildman–Crippen LogP) is 2.46. The Bertz CT molecular complexity index is 625. The molecule has 6 nitrogen and oxygen atoms in total. The van der Waals surface area contributed by atoms with E-state index in [1.807, 2.05) is 25.2 Å². The van der Waals surface area contributed by atoms with Gasteiger partial charge in [-0.05, 0) is 29.5 Å². The van der Waals surface area contributed by atoms with Gasteiger partial charge in [-0.3, -0.25) is 9.79 Å². The summed E-state index contributed by atoms with van der Waals surface area (Å²) in [6.45, 7) is 8.72. The van der Waals surface area contributed by atoms with Gasteiger partial charge in [0.25, 0.3) is 0 Å². The van der Waals surface area contributed by atoms with Crippen LogP contribution in [0.25, 0.3) is 0 Å². The molecule has 6 heteroatoms. The Morgan fingerprint density at radius 2 is 2.17 bits per heavy atom. The third kappa shape index (κ3) is 4.63. The molecule has 1 aliphatic rings. The van der Waals surface area contributed by atoms with Crippen LogP contribution in [-0.2, 0) is 11.3 Å². The van der Waals surface area contributed by atoms with Crippen LogP contribution >= 0.6 is 0 Å². The Hall–Kier alpha value is -2.24. The van der Waals surface area contributed by atoms with Crippen LogP contribution in [0.5, 0.6) is 5.75 Å². The Labute approximate surface area is 144 Å². The van der Waals surface area contributed by atoms with E-state index >= 15 is 0 Å². The number of amides is 1. The number of nitrogens with zero attached hydrogens (tertiary/aromatic N) is 2. The van der Waals surface area contributed by atoms with E-state index < -0.39 is 0 Å². The number of benzene rings is 1. The maximum Gasteiger partial charge on any atom is 0.221 e. The first-order valence-corrected chi connectivity index (χ1v) is 8.25. The molecule has 1 aromatic rings. The number of carbonyl (C=O) groups is 1. The fraction of sp³-hybridized carbons (Fsp3) is 0.556. The van der Waals surface area contributed by atoms with E-state index in [2.05, 4.69) is 34.4 Å². The SMILES string of the molecule is CN=C(NCc1ccc(OC)c(NC(C)=O)c1)N1CCC(C)(C)C1. The Balaban J connectivity index is 2.04. The van der Waals surface area contributed by atoms with E-state index in [9.17, 15) is 4.79 Å². The molecular weight excluding hydrogens is 304 g/mol. The van der Waals surface area contributed by atoms with Gasteiger partial charge in [0.2, 0.25) is 5.91 Å². The van der Waals surface area contributed by atoms with Crippen LogP contribution in [0, 0.1) is 5.41 Å². The maximum atomic E-state index is 11.3. The smallest absolute Gasteiger partial charge is 0.221 e. The first-order chi connectivity index (χ1) is 11.3. The predicted molar refractivity (Wildman–Crippen MR) is 97.5 cm³/mol. The number of carbonyl (C=O) groups excluding carboxylic acids is 1. The fourth-order valence-corrected chi connectivity index (χ4v) is 2.96. The van der Waals surface area contributed by atoms with Crippen molar-refractivity contribution in [2.24, 2.45) is 10.4 Å². The van der Waals surface area contributed by atoms with E-state index in [1.54, 1.807) is 7.11 Å². The molecular formula is C18H28N4O2. The summed E-state index contributed by atoms with van der Waals surface area (Å²) in [4.78, 5) is 18.0. The third-order valence-electron chi connectivity index (χ3n) is 4.21.